The van der Waals surface area contributed by atoms with Gasteiger partial charge in [0.1, 0.15) is 18.2 Å². The van der Waals surface area contributed by atoms with E-state index in [0.717, 1.165) is 5.56 Å². The van der Waals surface area contributed by atoms with Gasteiger partial charge in [-0.15, -0.1) is 0 Å². The maximum Gasteiger partial charge on any atom is 0.254 e. The first-order valence-corrected chi connectivity index (χ1v) is 10.1. The Morgan fingerprint density at radius 2 is 1.96 bits per heavy atom. The fourth-order valence-corrected chi connectivity index (χ4v) is 4.69. The molecule has 0 aromatic heterocycles. The number of benzene rings is 2. The van der Waals surface area contributed by atoms with Gasteiger partial charge in [0, 0.05) is 18.7 Å². The molecule has 138 valence electrons. The molecule has 1 heterocycles. The van der Waals surface area contributed by atoms with E-state index in [1.807, 2.05) is 0 Å². The molecule has 0 bridgehead atoms. The molecule has 0 unspecified atom stereocenters. The van der Waals surface area contributed by atoms with Crippen LogP contribution in [0.2, 0.25) is 0 Å². The van der Waals surface area contributed by atoms with Crippen molar-refractivity contribution in [2.24, 2.45) is 0 Å². The van der Waals surface area contributed by atoms with Crippen LogP contribution in [0, 0.1) is 5.82 Å². The summed E-state index contributed by atoms with van der Waals surface area (Å²) in [6.07, 6.45) is 0.464. The van der Waals surface area contributed by atoms with Gasteiger partial charge in [-0.05, 0) is 42.3 Å². The Balaban J connectivity index is 1.66. The Bertz CT molecular complexity index is 896. The van der Waals surface area contributed by atoms with Gasteiger partial charge in [-0.2, -0.15) is 0 Å². The van der Waals surface area contributed by atoms with E-state index in [2.05, 4.69) is 0 Å². The van der Waals surface area contributed by atoms with E-state index in [0.29, 0.717) is 17.7 Å². The summed E-state index contributed by atoms with van der Waals surface area (Å²) in [5.41, 5.74) is 1.25. The van der Waals surface area contributed by atoms with Crippen LogP contribution in [0.4, 0.5) is 4.39 Å². The third kappa shape index (κ3) is 4.40. The molecule has 26 heavy (non-hydrogen) atoms. The molecule has 1 amide bonds. The predicted octanol–water partition coefficient (Wildman–Crippen LogP) is 2.66. The van der Waals surface area contributed by atoms with Crippen LogP contribution in [0.15, 0.2) is 48.5 Å². The number of hydrogen-bond donors (Lipinski definition) is 0. The third-order valence-electron chi connectivity index (χ3n) is 4.48. The zero-order valence-corrected chi connectivity index (χ0v) is 15.2. The molecule has 1 atom stereocenters. The first kappa shape index (κ1) is 18.4. The Morgan fingerprint density at radius 1 is 1.23 bits per heavy atom. The van der Waals surface area contributed by atoms with Gasteiger partial charge in [-0.25, -0.2) is 12.8 Å². The summed E-state index contributed by atoms with van der Waals surface area (Å²) in [4.78, 5) is 14.1. The van der Waals surface area contributed by atoms with Crippen molar-refractivity contribution in [3.8, 4) is 5.75 Å². The minimum absolute atomic E-state index is 0.00992. The minimum Gasteiger partial charge on any atom is -0.489 e. The number of rotatable bonds is 5. The van der Waals surface area contributed by atoms with Crippen molar-refractivity contribution in [1.82, 2.24) is 4.90 Å². The van der Waals surface area contributed by atoms with Crippen LogP contribution >= 0.6 is 0 Å². The van der Waals surface area contributed by atoms with Gasteiger partial charge in [0.2, 0.25) is 0 Å². The molecule has 5 nitrogen and oxygen atoms in total. The third-order valence-corrected chi connectivity index (χ3v) is 6.23. The zero-order valence-electron chi connectivity index (χ0n) is 14.4. The van der Waals surface area contributed by atoms with Crippen molar-refractivity contribution in [2.45, 2.75) is 19.1 Å². The number of sulfone groups is 1. The second-order valence-corrected chi connectivity index (χ2v) is 8.64. The quantitative estimate of drug-likeness (QED) is 0.804. The van der Waals surface area contributed by atoms with E-state index in [9.17, 15) is 17.6 Å². The Morgan fingerprint density at radius 3 is 2.62 bits per heavy atom. The molecule has 3 rings (SSSR count). The zero-order chi connectivity index (χ0) is 18.7. The highest BCUT2D eigenvalue weighted by Crippen LogP contribution is 2.21. The minimum atomic E-state index is -3.05. The summed E-state index contributed by atoms with van der Waals surface area (Å²) >= 11 is 0. The Labute approximate surface area is 152 Å². The molecule has 0 N–H and O–H groups in total. The van der Waals surface area contributed by atoms with Crippen LogP contribution in [-0.4, -0.2) is 43.8 Å². The molecule has 0 saturated carbocycles. The molecule has 7 heteroatoms. The lowest BCUT2D eigenvalue weighted by atomic mass is 10.1. The molecule has 1 aliphatic heterocycles. The molecular weight excluding hydrogens is 357 g/mol. The molecule has 2 aromatic rings. The van der Waals surface area contributed by atoms with Gasteiger partial charge in [-0.1, -0.05) is 18.2 Å². The van der Waals surface area contributed by atoms with Gasteiger partial charge in [0.05, 0.1) is 11.5 Å². The van der Waals surface area contributed by atoms with Crippen molar-refractivity contribution in [3.05, 3.63) is 65.5 Å². The van der Waals surface area contributed by atoms with Crippen LogP contribution in [0.5, 0.6) is 5.75 Å². The van der Waals surface area contributed by atoms with Crippen LogP contribution in [0.3, 0.4) is 0 Å². The highest BCUT2D eigenvalue weighted by Gasteiger charge is 2.33. The second kappa shape index (κ2) is 7.45. The standard InChI is InChI=1S/C19H20FNO4S/c1-21(17-9-10-26(23,24)13-17)19(22)15-3-2-4-18(11-15)25-12-14-5-7-16(20)8-6-14/h2-8,11,17H,9-10,12-13H2,1H3/t17-/m0/s1. The Kier molecular flexibility index (Phi) is 5.27. The van der Waals surface area contributed by atoms with Gasteiger partial charge >= 0.3 is 0 Å². The van der Waals surface area contributed by atoms with Crippen molar-refractivity contribution >= 4 is 15.7 Å². The van der Waals surface area contributed by atoms with Gasteiger partial charge in [0.15, 0.2) is 9.84 Å². The highest BCUT2D eigenvalue weighted by atomic mass is 32.2. The van der Waals surface area contributed by atoms with Crippen molar-refractivity contribution in [3.63, 3.8) is 0 Å². The van der Waals surface area contributed by atoms with Crippen LogP contribution in [-0.2, 0) is 16.4 Å². The van der Waals surface area contributed by atoms with Crippen molar-refractivity contribution < 1.29 is 22.3 Å². The molecule has 0 radical (unpaired) electrons. The van der Waals surface area contributed by atoms with E-state index in [-0.39, 0.29) is 35.9 Å². The van der Waals surface area contributed by atoms with Crippen LogP contribution in [0.1, 0.15) is 22.3 Å². The van der Waals surface area contributed by atoms with Crippen molar-refractivity contribution in [2.75, 3.05) is 18.6 Å². The molecule has 0 aliphatic carbocycles. The number of amides is 1. The number of carbonyl (C=O) groups is 1. The first-order chi connectivity index (χ1) is 12.3. The van der Waals surface area contributed by atoms with Crippen LogP contribution in [0.25, 0.3) is 0 Å². The lowest BCUT2D eigenvalue weighted by molar-refractivity contribution is 0.0747. The van der Waals surface area contributed by atoms with Gasteiger partial charge in [-0.3, -0.25) is 4.79 Å². The summed E-state index contributed by atoms with van der Waals surface area (Å²) in [6.45, 7) is 0.259. The molecule has 2 aromatic carbocycles. The molecule has 0 spiro atoms. The largest absolute Gasteiger partial charge is 0.489 e. The van der Waals surface area contributed by atoms with E-state index >= 15 is 0 Å². The lowest BCUT2D eigenvalue weighted by Gasteiger charge is -2.23. The van der Waals surface area contributed by atoms with Gasteiger partial charge in [0.25, 0.3) is 5.91 Å². The highest BCUT2D eigenvalue weighted by molar-refractivity contribution is 7.91. The summed E-state index contributed by atoms with van der Waals surface area (Å²) in [6, 6.07) is 12.5. The fourth-order valence-electron chi connectivity index (χ4n) is 2.92. The van der Waals surface area contributed by atoms with E-state index in [1.165, 1.54) is 17.0 Å². The normalized spacial score (nSPS) is 18.5. The summed E-state index contributed by atoms with van der Waals surface area (Å²) in [5, 5.41) is 0. The van der Waals surface area contributed by atoms with E-state index in [4.69, 9.17) is 4.74 Å². The second-order valence-electron chi connectivity index (χ2n) is 6.42. The van der Waals surface area contributed by atoms with E-state index in [1.54, 1.807) is 43.4 Å². The molecule has 1 saturated heterocycles. The van der Waals surface area contributed by atoms with Crippen molar-refractivity contribution in [1.29, 1.82) is 0 Å². The van der Waals surface area contributed by atoms with Crippen LogP contribution < -0.4 is 4.74 Å². The maximum atomic E-state index is 12.9. The predicted molar refractivity (Wildman–Crippen MR) is 96.3 cm³/mol. The molecule has 1 aliphatic rings. The first-order valence-electron chi connectivity index (χ1n) is 8.29. The molecule has 1 fully saturated rings. The number of ether oxygens (including phenoxy) is 1. The SMILES string of the molecule is CN(C(=O)c1cccc(OCc2ccc(F)cc2)c1)[C@H]1CCS(=O)(=O)C1. The lowest BCUT2D eigenvalue weighted by Crippen LogP contribution is -2.37. The average molecular weight is 377 g/mol. The smallest absolute Gasteiger partial charge is 0.254 e. The van der Waals surface area contributed by atoms with Gasteiger partial charge < -0.3 is 9.64 Å². The summed E-state index contributed by atoms with van der Waals surface area (Å²) < 4.78 is 41.8. The Hall–Kier alpha value is -2.41. The average Bonchev–Trinajstić information content (AvgIpc) is 3.00. The summed E-state index contributed by atoms with van der Waals surface area (Å²) in [5.74, 6) is 0.108. The monoisotopic (exact) mass is 377 g/mol. The maximum absolute atomic E-state index is 12.9. The van der Waals surface area contributed by atoms with E-state index < -0.39 is 9.84 Å². The number of hydrogen-bond acceptors (Lipinski definition) is 4. The number of halogens is 1. The number of nitrogens with zero attached hydrogens (tertiary/aromatic N) is 1. The summed E-state index contributed by atoms with van der Waals surface area (Å²) in [7, 11) is -1.43. The number of carbonyl (C=O) groups excluding carboxylic acids is 1. The molecular formula is C19H20FNO4S. The topological polar surface area (TPSA) is 63.7 Å². The fraction of sp³-hybridized carbons (Fsp3) is 0.316.